The second kappa shape index (κ2) is 66.9. The van der Waals surface area contributed by atoms with Crippen molar-refractivity contribution in [2.75, 3.05) is 39.6 Å². The Morgan fingerprint density at radius 1 is 0.309 bits per heavy atom. The van der Waals surface area contributed by atoms with Gasteiger partial charge in [0.1, 0.15) is 19.3 Å². The maximum atomic E-state index is 13.1. The first-order valence-electron chi connectivity index (χ1n) is 39.0. The van der Waals surface area contributed by atoms with E-state index in [1.54, 1.807) is 0 Å². The summed E-state index contributed by atoms with van der Waals surface area (Å²) < 4.78 is 68.4. The van der Waals surface area contributed by atoms with Crippen molar-refractivity contribution in [3.8, 4) is 0 Å². The second-order valence-electron chi connectivity index (χ2n) is 27.8. The van der Waals surface area contributed by atoms with E-state index in [4.69, 9.17) is 37.0 Å². The van der Waals surface area contributed by atoms with E-state index in [1.807, 2.05) is 0 Å². The predicted molar refractivity (Wildman–Crippen MR) is 381 cm³/mol. The van der Waals surface area contributed by atoms with Crippen LogP contribution in [0.25, 0.3) is 0 Å². The lowest BCUT2D eigenvalue weighted by Gasteiger charge is -2.21. The van der Waals surface area contributed by atoms with Crippen LogP contribution in [-0.4, -0.2) is 96.7 Å². The Kier molecular flexibility index (Phi) is 65.5. The third-order valence-corrected chi connectivity index (χ3v) is 19.7. The fraction of sp³-hybridized carbons (Fsp3) is 0.947. The number of phosphoric acid groups is 2. The molecule has 0 saturated carbocycles. The van der Waals surface area contributed by atoms with Gasteiger partial charge in [-0.2, -0.15) is 0 Å². The van der Waals surface area contributed by atoms with Gasteiger partial charge in [0, 0.05) is 25.7 Å². The van der Waals surface area contributed by atoms with Crippen LogP contribution in [0.4, 0.5) is 0 Å². The molecule has 0 aliphatic rings. The minimum absolute atomic E-state index is 0.104. The molecule has 0 rings (SSSR count). The smallest absolute Gasteiger partial charge is 0.462 e. The summed E-state index contributed by atoms with van der Waals surface area (Å²) in [5, 5.41) is 10.6. The van der Waals surface area contributed by atoms with Gasteiger partial charge in [0.2, 0.25) is 0 Å². The third kappa shape index (κ3) is 67.3. The number of phosphoric ester groups is 2. The van der Waals surface area contributed by atoms with E-state index in [1.165, 1.54) is 205 Å². The van der Waals surface area contributed by atoms with Crippen LogP contribution in [0.3, 0.4) is 0 Å². The van der Waals surface area contributed by atoms with Crippen LogP contribution < -0.4 is 0 Å². The SMILES string of the molecule is CCCCCCCCCCCCCCCCCCC(=O)OC[C@H](COP(=O)(O)OC[C@@H](O)COP(=O)(O)OC[C@@H](COC(=O)CCCCCCCCCCCC)OC(=O)CCCCCCCCCC(C)C)OC(=O)CCCCCCCCCCCCCCCCC(C)CC. The van der Waals surface area contributed by atoms with E-state index < -0.39 is 97.5 Å². The second-order valence-corrected chi connectivity index (χ2v) is 30.7. The molecule has 19 heteroatoms. The van der Waals surface area contributed by atoms with Gasteiger partial charge in [-0.15, -0.1) is 0 Å². The van der Waals surface area contributed by atoms with Crippen LogP contribution in [0, 0.1) is 11.8 Å². The maximum Gasteiger partial charge on any atom is 0.472 e. The average Bonchev–Trinajstić information content (AvgIpc) is 1.57. The maximum absolute atomic E-state index is 13.1. The van der Waals surface area contributed by atoms with Crippen molar-refractivity contribution in [3.63, 3.8) is 0 Å². The lowest BCUT2D eigenvalue weighted by Crippen LogP contribution is -2.30. The van der Waals surface area contributed by atoms with Gasteiger partial charge in [-0.05, 0) is 37.5 Å². The molecule has 0 radical (unpaired) electrons. The van der Waals surface area contributed by atoms with E-state index >= 15 is 0 Å². The number of hydrogen-bond donors (Lipinski definition) is 3. The van der Waals surface area contributed by atoms with Crippen LogP contribution in [-0.2, 0) is 65.4 Å². The summed E-state index contributed by atoms with van der Waals surface area (Å²) in [6, 6.07) is 0. The van der Waals surface area contributed by atoms with E-state index in [0.29, 0.717) is 31.6 Å². The first-order valence-corrected chi connectivity index (χ1v) is 42.0. The molecule has 558 valence electrons. The largest absolute Gasteiger partial charge is 0.472 e. The molecular weight excluding hydrogens is 1230 g/mol. The normalized spacial score (nSPS) is 14.3. The standard InChI is InChI=1S/C75H146O17P2/c1-7-10-12-14-16-18-20-21-22-23-27-30-34-40-46-52-58-73(78)86-63-70(91-74(79)59-53-47-41-35-31-28-25-24-26-29-32-38-44-50-56-68(6)9-3)65-89-93(81,82)87-61-69(76)62-88-94(83,84)90-66-71(92-75(80)60-54-48-42-36-37-43-49-55-67(4)5)64-85-72(77)57-51-45-39-33-19-17-15-13-11-8-2/h67-71,76H,7-66H2,1-6H3,(H,81,82)(H,83,84)/t68?,69-,70-,71-/m1/s1. The van der Waals surface area contributed by atoms with Gasteiger partial charge < -0.3 is 33.8 Å². The summed E-state index contributed by atoms with van der Waals surface area (Å²) in [4.78, 5) is 72.7. The van der Waals surface area contributed by atoms with Crippen molar-refractivity contribution < 1.29 is 80.2 Å². The number of carbonyl (C=O) groups excluding carboxylic acids is 4. The van der Waals surface area contributed by atoms with Gasteiger partial charge in [-0.3, -0.25) is 37.3 Å². The van der Waals surface area contributed by atoms with Gasteiger partial charge in [0.15, 0.2) is 12.2 Å². The number of unbranched alkanes of at least 4 members (excludes halogenated alkanes) is 43. The van der Waals surface area contributed by atoms with E-state index in [2.05, 4.69) is 41.5 Å². The first-order chi connectivity index (χ1) is 45.4. The molecule has 0 saturated heterocycles. The summed E-state index contributed by atoms with van der Waals surface area (Å²) in [5.41, 5.74) is 0. The molecular formula is C75H146O17P2. The number of carbonyl (C=O) groups is 4. The molecule has 0 aromatic rings. The fourth-order valence-corrected chi connectivity index (χ4v) is 13.0. The monoisotopic (exact) mass is 1380 g/mol. The summed E-state index contributed by atoms with van der Waals surface area (Å²) in [6.45, 7) is 9.57. The Labute approximate surface area is 575 Å². The molecule has 0 bridgehead atoms. The molecule has 3 unspecified atom stereocenters. The molecule has 0 aromatic heterocycles. The lowest BCUT2D eigenvalue weighted by molar-refractivity contribution is -0.161. The lowest BCUT2D eigenvalue weighted by atomic mass is 9.99. The number of esters is 4. The van der Waals surface area contributed by atoms with Crippen molar-refractivity contribution in [1.29, 1.82) is 0 Å². The highest BCUT2D eigenvalue weighted by Gasteiger charge is 2.30. The Balaban J connectivity index is 5.22. The van der Waals surface area contributed by atoms with Gasteiger partial charge in [-0.25, -0.2) is 9.13 Å². The number of aliphatic hydroxyl groups is 1. The highest BCUT2D eigenvalue weighted by molar-refractivity contribution is 7.47. The van der Waals surface area contributed by atoms with Gasteiger partial charge in [0.25, 0.3) is 0 Å². The minimum Gasteiger partial charge on any atom is -0.462 e. The molecule has 0 amide bonds. The Bertz CT molecular complexity index is 1820. The Morgan fingerprint density at radius 3 is 0.809 bits per heavy atom. The van der Waals surface area contributed by atoms with Crippen molar-refractivity contribution in [1.82, 2.24) is 0 Å². The van der Waals surface area contributed by atoms with Crippen molar-refractivity contribution in [2.45, 2.75) is 407 Å². The molecule has 0 fully saturated rings. The minimum atomic E-state index is -4.96. The number of aliphatic hydroxyl groups excluding tert-OH is 1. The quantitative estimate of drug-likeness (QED) is 0.0222. The van der Waals surface area contributed by atoms with Crippen molar-refractivity contribution in [2.24, 2.45) is 11.8 Å². The number of hydrogen-bond acceptors (Lipinski definition) is 15. The van der Waals surface area contributed by atoms with Crippen LogP contribution in [0.15, 0.2) is 0 Å². The zero-order valence-electron chi connectivity index (χ0n) is 61.3. The molecule has 3 N–H and O–H groups in total. The van der Waals surface area contributed by atoms with Crippen LogP contribution in [0.1, 0.15) is 388 Å². The fourth-order valence-electron chi connectivity index (χ4n) is 11.4. The van der Waals surface area contributed by atoms with Crippen LogP contribution in [0.5, 0.6) is 0 Å². The summed E-state index contributed by atoms with van der Waals surface area (Å²) in [6.07, 6.45) is 54.1. The topological polar surface area (TPSA) is 237 Å². The Hall–Kier alpha value is -1.94. The molecule has 0 aromatic carbocycles. The molecule has 94 heavy (non-hydrogen) atoms. The Morgan fingerprint density at radius 2 is 0.543 bits per heavy atom. The van der Waals surface area contributed by atoms with Crippen molar-refractivity contribution in [3.05, 3.63) is 0 Å². The zero-order chi connectivity index (χ0) is 69.3. The molecule has 0 aliphatic carbocycles. The first kappa shape index (κ1) is 92.1. The van der Waals surface area contributed by atoms with E-state index in [0.717, 1.165) is 95.8 Å². The number of rotatable bonds is 74. The van der Waals surface area contributed by atoms with Crippen LogP contribution in [0.2, 0.25) is 0 Å². The summed E-state index contributed by atoms with van der Waals surface area (Å²) >= 11 is 0. The average molecular weight is 1380 g/mol. The molecule has 0 heterocycles. The third-order valence-electron chi connectivity index (χ3n) is 17.8. The summed E-state index contributed by atoms with van der Waals surface area (Å²) in [7, 11) is -9.91. The van der Waals surface area contributed by atoms with E-state index in [9.17, 15) is 43.2 Å². The van der Waals surface area contributed by atoms with Crippen LogP contribution >= 0.6 is 15.6 Å². The molecule has 0 aliphatic heterocycles. The summed E-state index contributed by atoms with van der Waals surface area (Å²) in [5.74, 6) is -0.577. The molecule has 17 nitrogen and oxygen atoms in total. The molecule has 0 spiro atoms. The van der Waals surface area contributed by atoms with Gasteiger partial charge >= 0.3 is 39.5 Å². The predicted octanol–water partition coefficient (Wildman–Crippen LogP) is 21.9. The van der Waals surface area contributed by atoms with E-state index in [-0.39, 0.29) is 25.7 Å². The zero-order valence-corrected chi connectivity index (χ0v) is 63.1. The van der Waals surface area contributed by atoms with Crippen molar-refractivity contribution >= 4 is 39.5 Å². The van der Waals surface area contributed by atoms with Gasteiger partial charge in [0.05, 0.1) is 26.4 Å². The van der Waals surface area contributed by atoms with Gasteiger partial charge in [-0.1, -0.05) is 337 Å². The molecule has 6 atom stereocenters. The highest BCUT2D eigenvalue weighted by atomic mass is 31.2. The number of ether oxygens (including phenoxy) is 4. The highest BCUT2D eigenvalue weighted by Crippen LogP contribution is 2.45.